The molecule has 15 heavy (non-hydrogen) atoms. The topological polar surface area (TPSA) is 41.6 Å². The quantitative estimate of drug-likeness (QED) is 0.709. The summed E-state index contributed by atoms with van der Waals surface area (Å²) in [7, 11) is 0. The molecule has 0 saturated carbocycles. The molecule has 0 atom stereocenters. The van der Waals surface area contributed by atoms with E-state index in [9.17, 15) is 4.79 Å². The van der Waals surface area contributed by atoms with Crippen LogP contribution in [0.5, 0.6) is 0 Å². The molecule has 0 bridgehead atoms. The molecule has 1 aliphatic heterocycles. The minimum atomic E-state index is 0.191. The Labute approximate surface area is 93.0 Å². The molecule has 0 spiro atoms. The summed E-state index contributed by atoms with van der Waals surface area (Å²) >= 11 is 0. The number of hydrogen-bond donors (Lipinski definition) is 1. The van der Waals surface area contributed by atoms with Gasteiger partial charge in [0.25, 0.3) is 0 Å². The summed E-state index contributed by atoms with van der Waals surface area (Å²) in [4.78, 5) is 13.3. The molecule has 0 aromatic carbocycles. The minimum absolute atomic E-state index is 0.191. The van der Waals surface area contributed by atoms with Crippen LogP contribution in [0.1, 0.15) is 27.2 Å². The second kappa shape index (κ2) is 9.93. The fraction of sp³-hybridized carbons (Fsp3) is 0.909. The van der Waals surface area contributed by atoms with Gasteiger partial charge in [0.15, 0.2) is 0 Å². The van der Waals surface area contributed by atoms with Gasteiger partial charge in [-0.2, -0.15) is 0 Å². The summed E-state index contributed by atoms with van der Waals surface area (Å²) in [5, 5.41) is 3.10. The maximum absolute atomic E-state index is 11.5. The molecule has 4 nitrogen and oxygen atoms in total. The molecular formula is C11H24N2O2. The highest BCUT2D eigenvalue weighted by molar-refractivity contribution is 5.78. The van der Waals surface area contributed by atoms with Crippen molar-refractivity contribution in [2.45, 2.75) is 27.2 Å². The number of ether oxygens (including phenoxy) is 1. The Hall–Kier alpha value is -0.610. The Balaban J connectivity index is 0.000000921. The van der Waals surface area contributed by atoms with Crippen molar-refractivity contribution in [1.29, 1.82) is 0 Å². The molecule has 0 aromatic heterocycles. The Morgan fingerprint density at radius 2 is 1.93 bits per heavy atom. The lowest BCUT2D eigenvalue weighted by atomic mass is 10.4. The Bertz CT molecular complexity index is 157. The van der Waals surface area contributed by atoms with Crippen molar-refractivity contribution < 1.29 is 9.53 Å². The maximum Gasteiger partial charge on any atom is 0.236 e. The Morgan fingerprint density at radius 1 is 1.33 bits per heavy atom. The van der Waals surface area contributed by atoms with Crippen LogP contribution in [0.3, 0.4) is 0 Å². The van der Waals surface area contributed by atoms with Gasteiger partial charge in [-0.1, -0.05) is 20.8 Å². The number of carbonyl (C=O) groups excluding carboxylic acids is 1. The molecule has 1 rings (SSSR count). The summed E-state index contributed by atoms with van der Waals surface area (Å²) in [5.74, 6) is 0.191. The number of nitrogens with zero attached hydrogens (tertiary/aromatic N) is 1. The van der Waals surface area contributed by atoms with E-state index in [0.717, 1.165) is 26.1 Å². The normalized spacial score (nSPS) is 15.5. The molecule has 0 radical (unpaired) electrons. The van der Waals surface area contributed by atoms with Crippen LogP contribution >= 0.6 is 0 Å². The first-order valence-corrected chi connectivity index (χ1v) is 5.91. The molecule has 1 N–H and O–H groups in total. The van der Waals surface area contributed by atoms with Crippen LogP contribution in [0.15, 0.2) is 0 Å². The molecule has 4 heteroatoms. The standard InChI is InChI=1S/C9H18N2O2.C2H6/c1-2-3-10-8-9(12)11-4-6-13-7-5-11;1-2/h10H,2-8H2,1H3;1-2H3. The average Bonchev–Trinajstić information content (AvgIpc) is 2.33. The highest BCUT2D eigenvalue weighted by Gasteiger charge is 2.15. The monoisotopic (exact) mass is 216 g/mol. The first kappa shape index (κ1) is 14.4. The number of morpholine rings is 1. The van der Waals surface area contributed by atoms with Crippen molar-refractivity contribution in [2.75, 3.05) is 39.4 Å². The molecule has 1 heterocycles. The molecule has 1 fully saturated rings. The van der Waals surface area contributed by atoms with Gasteiger partial charge in [0.05, 0.1) is 19.8 Å². The third kappa shape index (κ3) is 6.47. The SMILES string of the molecule is CC.CCCNCC(=O)N1CCOCC1. The lowest BCUT2D eigenvalue weighted by Crippen LogP contribution is -2.44. The van der Waals surface area contributed by atoms with E-state index >= 15 is 0 Å². The van der Waals surface area contributed by atoms with Crippen LogP contribution in [-0.2, 0) is 9.53 Å². The molecule has 0 aliphatic carbocycles. The van der Waals surface area contributed by atoms with E-state index in [1.165, 1.54) is 0 Å². The summed E-state index contributed by atoms with van der Waals surface area (Å²) in [5.41, 5.74) is 0. The van der Waals surface area contributed by atoms with Crippen molar-refractivity contribution in [3.63, 3.8) is 0 Å². The summed E-state index contributed by atoms with van der Waals surface area (Å²) < 4.78 is 5.16. The van der Waals surface area contributed by atoms with Gasteiger partial charge in [0.1, 0.15) is 0 Å². The molecule has 1 saturated heterocycles. The zero-order valence-electron chi connectivity index (χ0n) is 10.2. The average molecular weight is 216 g/mol. The second-order valence-electron chi connectivity index (χ2n) is 3.17. The minimum Gasteiger partial charge on any atom is -0.378 e. The van der Waals surface area contributed by atoms with E-state index in [2.05, 4.69) is 12.2 Å². The molecule has 0 unspecified atom stereocenters. The number of amides is 1. The molecule has 90 valence electrons. The largest absolute Gasteiger partial charge is 0.378 e. The van der Waals surface area contributed by atoms with E-state index in [1.807, 2.05) is 18.7 Å². The Kier molecular flexibility index (Phi) is 9.52. The van der Waals surface area contributed by atoms with Gasteiger partial charge in [0, 0.05) is 13.1 Å². The van der Waals surface area contributed by atoms with E-state index in [-0.39, 0.29) is 5.91 Å². The van der Waals surface area contributed by atoms with E-state index < -0.39 is 0 Å². The van der Waals surface area contributed by atoms with Crippen LogP contribution in [0, 0.1) is 0 Å². The first-order valence-electron chi connectivity index (χ1n) is 5.91. The van der Waals surface area contributed by atoms with Gasteiger partial charge < -0.3 is 15.0 Å². The zero-order chi connectivity index (χ0) is 11.5. The highest BCUT2D eigenvalue weighted by atomic mass is 16.5. The second-order valence-corrected chi connectivity index (χ2v) is 3.17. The summed E-state index contributed by atoms with van der Waals surface area (Å²) in [6, 6.07) is 0. The van der Waals surface area contributed by atoms with Gasteiger partial charge in [-0.15, -0.1) is 0 Å². The third-order valence-electron chi connectivity index (χ3n) is 2.07. The van der Waals surface area contributed by atoms with Crippen LogP contribution in [0.2, 0.25) is 0 Å². The highest BCUT2D eigenvalue weighted by Crippen LogP contribution is 1.96. The fourth-order valence-corrected chi connectivity index (χ4v) is 1.30. The first-order chi connectivity index (χ1) is 7.34. The van der Waals surface area contributed by atoms with Gasteiger partial charge in [-0.05, 0) is 13.0 Å². The van der Waals surface area contributed by atoms with Crippen LogP contribution in [0.25, 0.3) is 0 Å². The smallest absolute Gasteiger partial charge is 0.236 e. The predicted octanol–water partition coefficient (Wildman–Crippen LogP) is 0.871. The van der Waals surface area contributed by atoms with Crippen LogP contribution < -0.4 is 5.32 Å². The lowest BCUT2D eigenvalue weighted by molar-refractivity contribution is -0.134. The van der Waals surface area contributed by atoms with Crippen molar-refractivity contribution in [1.82, 2.24) is 10.2 Å². The number of nitrogens with one attached hydrogen (secondary N) is 1. The molecular weight excluding hydrogens is 192 g/mol. The number of carbonyl (C=O) groups is 1. The van der Waals surface area contributed by atoms with Crippen molar-refractivity contribution in [3.8, 4) is 0 Å². The van der Waals surface area contributed by atoms with Gasteiger partial charge >= 0.3 is 0 Å². The third-order valence-corrected chi connectivity index (χ3v) is 2.07. The maximum atomic E-state index is 11.5. The van der Waals surface area contributed by atoms with Crippen molar-refractivity contribution >= 4 is 5.91 Å². The molecule has 0 aromatic rings. The zero-order valence-corrected chi connectivity index (χ0v) is 10.2. The lowest BCUT2D eigenvalue weighted by Gasteiger charge is -2.26. The number of rotatable bonds is 4. The summed E-state index contributed by atoms with van der Waals surface area (Å²) in [6.45, 7) is 10.3. The molecule has 1 aliphatic rings. The molecule has 1 amide bonds. The van der Waals surface area contributed by atoms with E-state index in [0.29, 0.717) is 19.8 Å². The van der Waals surface area contributed by atoms with Crippen molar-refractivity contribution in [2.24, 2.45) is 0 Å². The van der Waals surface area contributed by atoms with E-state index in [4.69, 9.17) is 4.74 Å². The van der Waals surface area contributed by atoms with Crippen LogP contribution in [-0.4, -0.2) is 50.2 Å². The number of hydrogen-bond acceptors (Lipinski definition) is 3. The van der Waals surface area contributed by atoms with E-state index in [1.54, 1.807) is 0 Å². The van der Waals surface area contributed by atoms with Crippen molar-refractivity contribution in [3.05, 3.63) is 0 Å². The van der Waals surface area contributed by atoms with Gasteiger partial charge in [0.2, 0.25) is 5.91 Å². The Morgan fingerprint density at radius 3 is 2.47 bits per heavy atom. The van der Waals surface area contributed by atoms with Gasteiger partial charge in [-0.25, -0.2) is 0 Å². The fourth-order valence-electron chi connectivity index (χ4n) is 1.30. The predicted molar refractivity (Wildman–Crippen MR) is 61.9 cm³/mol. The van der Waals surface area contributed by atoms with Gasteiger partial charge in [-0.3, -0.25) is 4.79 Å². The summed E-state index contributed by atoms with van der Waals surface area (Å²) in [6.07, 6.45) is 1.07. The van der Waals surface area contributed by atoms with Crippen LogP contribution in [0.4, 0.5) is 0 Å².